The average molecular weight is 269 g/mol. The quantitative estimate of drug-likeness (QED) is 0.561. The first-order valence-corrected chi connectivity index (χ1v) is 6.12. The summed E-state index contributed by atoms with van der Waals surface area (Å²) in [6.45, 7) is 9.32. The van der Waals surface area contributed by atoms with Gasteiger partial charge in [-0.25, -0.2) is 4.79 Å². The number of carbonyl (C=O) groups excluding carboxylic acids is 3. The summed E-state index contributed by atoms with van der Waals surface area (Å²) >= 11 is 0. The second-order valence-electron chi connectivity index (χ2n) is 5.30. The fraction of sp³-hybridized carbons (Fsp3) is 0.615. The molecule has 0 N–H and O–H groups in total. The molecule has 0 bridgehead atoms. The number of amides is 2. The Morgan fingerprint density at radius 2 is 1.74 bits per heavy atom. The Morgan fingerprint density at radius 3 is 2.21 bits per heavy atom. The van der Waals surface area contributed by atoms with Crippen LogP contribution < -0.4 is 0 Å². The lowest BCUT2D eigenvalue weighted by molar-refractivity contribution is -0.197. The van der Waals surface area contributed by atoms with E-state index >= 15 is 0 Å². The predicted molar refractivity (Wildman–Crippen MR) is 66.4 cm³/mol. The lowest BCUT2D eigenvalue weighted by Gasteiger charge is -2.22. The molecule has 1 fully saturated rings. The van der Waals surface area contributed by atoms with E-state index in [2.05, 4.69) is 6.58 Å². The molecule has 0 aromatic rings. The van der Waals surface area contributed by atoms with Crippen LogP contribution in [0.25, 0.3) is 0 Å². The molecule has 0 aromatic heterocycles. The van der Waals surface area contributed by atoms with Gasteiger partial charge in [-0.15, -0.1) is 5.06 Å². The van der Waals surface area contributed by atoms with Crippen LogP contribution in [-0.4, -0.2) is 28.4 Å². The molecule has 1 aliphatic heterocycles. The highest BCUT2D eigenvalue weighted by Gasteiger charge is 2.32. The van der Waals surface area contributed by atoms with E-state index in [1.807, 2.05) is 20.8 Å². The molecular weight excluding hydrogens is 250 g/mol. The van der Waals surface area contributed by atoms with Crippen molar-refractivity contribution in [3.63, 3.8) is 0 Å². The van der Waals surface area contributed by atoms with Crippen LogP contribution >= 0.6 is 0 Å². The minimum atomic E-state index is -0.651. The van der Waals surface area contributed by atoms with Crippen LogP contribution in [-0.2, 0) is 24.0 Å². The highest BCUT2D eigenvalue weighted by atomic mass is 16.7. The van der Waals surface area contributed by atoms with Gasteiger partial charge in [0, 0.05) is 19.3 Å². The maximum absolute atomic E-state index is 11.5. The van der Waals surface area contributed by atoms with Gasteiger partial charge >= 0.3 is 5.97 Å². The Morgan fingerprint density at radius 1 is 1.21 bits per heavy atom. The Bertz CT molecular complexity index is 392. The second kappa shape index (κ2) is 5.86. The zero-order valence-electron chi connectivity index (χ0n) is 11.5. The van der Waals surface area contributed by atoms with Crippen molar-refractivity contribution in [1.82, 2.24) is 5.06 Å². The molecule has 1 aliphatic rings. The normalized spacial score (nSPS) is 15.6. The van der Waals surface area contributed by atoms with E-state index in [9.17, 15) is 14.4 Å². The number of allylic oxidation sites excluding steroid dienone is 1. The summed E-state index contributed by atoms with van der Waals surface area (Å²) in [7, 11) is 0. The number of ether oxygens (including phenoxy) is 1. The summed E-state index contributed by atoms with van der Waals surface area (Å²) in [6, 6.07) is 0. The molecule has 106 valence electrons. The van der Waals surface area contributed by atoms with Crippen LogP contribution in [0.15, 0.2) is 12.3 Å². The van der Waals surface area contributed by atoms with Crippen molar-refractivity contribution in [2.45, 2.75) is 52.1 Å². The van der Waals surface area contributed by atoms with Crippen molar-refractivity contribution in [3.05, 3.63) is 12.3 Å². The van der Waals surface area contributed by atoms with Gasteiger partial charge in [0.15, 0.2) is 0 Å². The molecular formula is C13H19NO5. The monoisotopic (exact) mass is 269 g/mol. The summed E-state index contributed by atoms with van der Waals surface area (Å²) in [5.74, 6) is -1.16. The Balaban J connectivity index is 2.34. The number of hydrogen-bond donors (Lipinski definition) is 0. The van der Waals surface area contributed by atoms with Crippen LogP contribution in [0.5, 0.6) is 0 Å². The molecule has 19 heavy (non-hydrogen) atoms. The molecule has 0 aliphatic carbocycles. The molecule has 1 heterocycles. The lowest BCUT2D eigenvalue weighted by atomic mass is 10.2. The fourth-order valence-corrected chi connectivity index (χ4v) is 1.53. The lowest BCUT2D eigenvalue weighted by Crippen LogP contribution is -2.32. The summed E-state index contributed by atoms with van der Waals surface area (Å²) in [5.41, 5.74) is -0.373. The average Bonchev–Trinajstić information content (AvgIpc) is 2.56. The molecule has 0 spiro atoms. The molecule has 6 nitrogen and oxygen atoms in total. The number of imide groups is 1. The number of nitrogens with zero attached hydrogens (tertiary/aromatic N) is 1. The van der Waals surface area contributed by atoms with Crippen molar-refractivity contribution in [1.29, 1.82) is 0 Å². The first-order valence-electron chi connectivity index (χ1n) is 6.12. The highest BCUT2D eigenvalue weighted by Crippen LogP contribution is 2.17. The summed E-state index contributed by atoms with van der Waals surface area (Å²) < 4.78 is 5.45. The zero-order valence-corrected chi connectivity index (χ0v) is 11.5. The third-order valence-electron chi connectivity index (χ3n) is 2.26. The number of hydrogen-bond acceptors (Lipinski definition) is 5. The molecule has 6 heteroatoms. The predicted octanol–water partition coefficient (Wildman–Crippen LogP) is 1.70. The third kappa shape index (κ3) is 5.11. The van der Waals surface area contributed by atoms with Gasteiger partial charge < -0.3 is 9.57 Å². The topological polar surface area (TPSA) is 72.9 Å². The van der Waals surface area contributed by atoms with Gasteiger partial charge in [0.05, 0.1) is 12.2 Å². The van der Waals surface area contributed by atoms with E-state index in [-0.39, 0.29) is 31.3 Å². The minimum Gasteiger partial charge on any atom is -0.493 e. The van der Waals surface area contributed by atoms with Crippen molar-refractivity contribution in [2.24, 2.45) is 0 Å². The first-order chi connectivity index (χ1) is 8.69. The van der Waals surface area contributed by atoms with E-state index in [1.165, 1.54) is 0 Å². The molecule has 1 rings (SSSR count). The summed E-state index contributed by atoms with van der Waals surface area (Å²) in [6.07, 6.45) is 0.468. The highest BCUT2D eigenvalue weighted by molar-refractivity contribution is 6.01. The van der Waals surface area contributed by atoms with Gasteiger partial charge in [-0.3, -0.25) is 9.59 Å². The minimum absolute atomic E-state index is 0.00593. The second-order valence-corrected chi connectivity index (χ2v) is 5.30. The van der Waals surface area contributed by atoms with E-state index in [0.717, 1.165) is 0 Å². The third-order valence-corrected chi connectivity index (χ3v) is 2.26. The summed E-state index contributed by atoms with van der Waals surface area (Å²) in [5, 5.41) is 0.537. The van der Waals surface area contributed by atoms with Gasteiger partial charge in [-0.05, 0) is 20.8 Å². The van der Waals surface area contributed by atoms with Gasteiger partial charge in [0.2, 0.25) is 0 Å². The largest absolute Gasteiger partial charge is 0.493 e. The molecule has 0 atom stereocenters. The SMILES string of the molecule is C=C(CCC(=O)ON1C(=O)CCC1=O)OC(C)(C)C. The Labute approximate surface area is 112 Å². The Kier molecular flexibility index (Phi) is 4.69. The maximum Gasteiger partial charge on any atom is 0.333 e. The number of hydroxylamine groups is 2. The van der Waals surface area contributed by atoms with Crippen molar-refractivity contribution < 1.29 is 24.0 Å². The van der Waals surface area contributed by atoms with Crippen LogP contribution in [0, 0.1) is 0 Å². The van der Waals surface area contributed by atoms with Gasteiger partial charge in [0.1, 0.15) is 5.60 Å². The van der Waals surface area contributed by atoms with E-state index in [1.54, 1.807) is 0 Å². The molecule has 1 saturated heterocycles. The zero-order chi connectivity index (χ0) is 14.6. The summed E-state index contributed by atoms with van der Waals surface area (Å²) in [4.78, 5) is 38.7. The Hall–Kier alpha value is -1.85. The van der Waals surface area contributed by atoms with Crippen LogP contribution in [0.4, 0.5) is 0 Å². The smallest absolute Gasteiger partial charge is 0.333 e. The van der Waals surface area contributed by atoms with Crippen LogP contribution in [0.2, 0.25) is 0 Å². The molecule has 0 radical (unpaired) electrons. The van der Waals surface area contributed by atoms with E-state index in [4.69, 9.17) is 9.57 Å². The fourth-order valence-electron chi connectivity index (χ4n) is 1.53. The maximum atomic E-state index is 11.5. The van der Waals surface area contributed by atoms with E-state index in [0.29, 0.717) is 10.8 Å². The van der Waals surface area contributed by atoms with Crippen molar-refractivity contribution in [3.8, 4) is 0 Å². The van der Waals surface area contributed by atoms with Gasteiger partial charge in [-0.1, -0.05) is 6.58 Å². The van der Waals surface area contributed by atoms with Crippen LogP contribution in [0.1, 0.15) is 46.5 Å². The van der Waals surface area contributed by atoms with Crippen molar-refractivity contribution >= 4 is 17.8 Å². The molecule has 0 aromatic carbocycles. The van der Waals surface area contributed by atoms with Crippen LogP contribution in [0.3, 0.4) is 0 Å². The molecule has 0 saturated carbocycles. The van der Waals surface area contributed by atoms with Gasteiger partial charge in [-0.2, -0.15) is 0 Å². The first kappa shape index (κ1) is 15.2. The number of rotatable bonds is 5. The van der Waals surface area contributed by atoms with Gasteiger partial charge in [0.25, 0.3) is 11.8 Å². The number of carbonyl (C=O) groups is 3. The molecule has 0 unspecified atom stereocenters. The van der Waals surface area contributed by atoms with E-state index < -0.39 is 17.8 Å². The molecule has 2 amide bonds. The van der Waals surface area contributed by atoms with Crippen molar-refractivity contribution in [2.75, 3.05) is 0 Å². The standard InChI is InChI=1S/C13H19NO5/c1-9(18-13(2,3)4)5-8-12(17)19-14-10(15)6-7-11(14)16/h1,5-8H2,2-4H3.